The average molecular weight is 354 g/mol. The number of phenolic OH excluding ortho intramolecular Hbond substituents is 1. The number of hydrogen-bond acceptors (Lipinski definition) is 4. The summed E-state index contributed by atoms with van der Waals surface area (Å²) >= 11 is 0. The van der Waals surface area contributed by atoms with Gasteiger partial charge in [0.15, 0.2) is 0 Å². The van der Waals surface area contributed by atoms with E-state index >= 15 is 0 Å². The maximum absolute atomic E-state index is 13.0. The third kappa shape index (κ3) is 4.06. The molecule has 0 heterocycles. The zero-order chi connectivity index (χ0) is 18.8. The molecule has 25 heavy (non-hydrogen) atoms. The number of anilines is 1. The van der Waals surface area contributed by atoms with Crippen LogP contribution in [0.5, 0.6) is 5.75 Å². The first-order valence-electron chi connectivity index (χ1n) is 7.12. The highest BCUT2D eigenvalue weighted by Gasteiger charge is 2.38. The number of carbonyl (C=O) groups is 1. The third-order valence-electron chi connectivity index (χ3n) is 3.47. The van der Waals surface area contributed by atoms with E-state index < -0.39 is 28.3 Å². The first-order valence-corrected chi connectivity index (χ1v) is 7.12. The molecule has 9 heteroatoms. The van der Waals surface area contributed by atoms with Crippen LogP contribution >= 0.6 is 0 Å². The highest BCUT2D eigenvalue weighted by Crippen LogP contribution is 2.37. The van der Waals surface area contributed by atoms with Gasteiger partial charge >= 0.3 is 6.18 Å². The second kappa shape index (κ2) is 6.80. The topological polar surface area (TPSA) is 92.5 Å². The fourth-order valence-electron chi connectivity index (χ4n) is 2.18. The second-order valence-electron chi connectivity index (χ2n) is 5.15. The number of nitrogens with zero attached hydrogens (tertiary/aromatic N) is 1. The lowest BCUT2D eigenvalue weighted by Gasteiger charge is -2.11. The first kappa shape index (κ1) is 18.2. The molecule has 2 rings (SSSR count). The van der Waals surface area contributed by atoms with E-state index in [0.29, 0.717) is 18.6 Å². The SMILES string of the molecule is CCc1ccc(O)c(C(=O)Nc2ccc([N+](=O)[O-])c(C(F)(F)F)c2)c1. The van der Waals surface area contributed by atoms with E-state index in [1.165, 1.54) is 12.1 Å². The summed E-state index contributed by atoms with van der Waals surface area (Å²) < 4.78 is 38.9. The van der Waals surface area contributed by atoms with Gasteiger partial charge in [-0.2, -0.15) is 13.2 Å². The van der Waals surface area contributed by atoms with Crippen molar-refractivity contribution in [1.29, 1.82) is 0 Å². The van der Waals surface area contributed by atoms with E-state index in [0.717, 1.165) is 11.6 Å². The molecule has 0 spiro atoms. The lowest BCUT2D eigenvalue weighted by atomic mass is 10.1. The van der Waals surface area contributed by atoms with Crippen LogP contribution in [0.3, 0.4) is 0 Å². The van der Waals surface area contributed by atoms with Crippen LogP contribution in [0.2, 0.25) is 0 Å². The van der Waals surface area contributed by atoms with Gasteiger partial charge in [-0.1, -0.05) is 13.0 Å². The van der Waals surface area contributed by atoms with E-state index in [4.69, 9.17) is 0 Å². The van der Waals surface area contributed by atoms with Crippen LogP contribution in [0.25, 0.3) is 0 Å². The molecule has 0 aliphatic heterocycles. The molecule has 0 radical (unpaired) electrons. The number of benzene rings is 2. The molecule has 2 aromatic carbocycles. The third-order valence-corrected chi connectivity index (χ3v) is 3.47. The normalized spacial score (nSPS) is 11.2. The van der Waals surface area contributed by atoms with E-state index in [-0.39, 0.29) is 17.0 Å². The predicted molar refractivity (Wildman–Crippen MR) is 83.5 cm³/mol. The van der Waals surface area contributed by atoms with Gasteiger partial charge in [0.25, 0.3) is 11.6 Å². The van der Waals surface area contributed by atoms with Crippen molar-refractivity contribution in [2.24, 2.45) is 0 Å². The molecule has 6 nitrogen and oxygen atoms in total. The minimum absolute atomic E-state index is 0.105. The zero-order valence-corrected chi connectivity index (χ0v) is 12.9. The number of hydrogen-bond donors (Lipinski definition) is 2. The van der Waals surface area contributed by atoms with Crippen molar-refractivity contribution in [3.8, 4) is 5.75 Å². The lowest BCUT2D eigenvalue weighted by Crippen LogP contribution is -2.14. The molecule has 2 N–H and O–H groups in total. The summed E-state index contributed by atoms with van der Waals surface area (Å²) in [4.78, 5) is 21.8. The van der Waals surface area contributed by atoms with Crippen LogP contribution in [0.1, 0.15) is 28.4 Å². The summed E-state index contributed by atoms with van der Waals surface area (Å²) in [6, 6.07) is 6.48. The summed E-state index contributed by atoms with van der Waals surface area (Å²) in [7, 11) is 0. The Hall–Kier alpha value is -3.10. The number of aryl methyl sites for hydroxylation is 1. The number of alkyl halides is 3. The maximum Gasteiger partial charge on any atom is 0.423 e. The number of nitro groups is 1. The quantitative estimate of drug-likeness (QED) is 0.638. The summed E-state index contributed by atoms with van der Waals surface area (Å²) in [5.41, 5.74) is -2.21. The van der Waals surface area contributed by atoms with Gasteiger partial charge in [-0.05, 0) is 36.2 Å². The fraction of sp³-hybridized carbons (Fsp3) is 0.188. The number of phenols is 1. The molecule has 0 saturated heterocycles. The molecule has 0 saturated carbocycles. The van der Waals surface area contributed by atoms with Crippen molar-refractivity contribution in [3.63, 3.8) is 0 Å². The Kier molecular flexibility index (Phi) is 4.96. The van der Waals surface area contributed by atoms with Crippen molar-refractivity contribution in [3.05, 3.63) is 63.2 Å². The minimum Gasteiger partial charge on any atom is -0.507 e. The van der Waals surface area contributed by atoms with Crippen LogP contribution in [0.4, 0.5) is 24.5 Å². The molecule has 2 aromatic rings. The molecule has 0 aromatic heterocycles. The van der Waals surface area contributed by atoms with Crippen LogP contribution in [-0.4, -0.2) is 15.9 Å². The number of aromatic hydroxyl groups is 1. The molecule has 1 amide bonds. The Morgan fingerprint density at radius 3 is 2.48 bits per heavy atom. The average Bonchev–Trinajstić information content (AvgIpc) is 2.54. The van der Waals surface area contributed by atoms with Gasteiger partial charge in [0.1, 0.15) is 11.3 Å². The smallest absolute Gasteiger partial charge is 0.423 e. The van der Waals surface area contributed by atoms with Crippen molar-refractivity contribution in [2.75, 3.05) is 5.32 Å². The Morgan fingerprint density at radius 2 is 1.92 bits per heavy atom. The Bertz CT molecular complexity index is 835. The van der Waals surface area contributed by atoms with Gasteiger partial charge < -0.3 is 10.4 Å². The highest BCUT2D eigenvalue weighted by molar-refractivity contribution is 6.06. The van der Waals surface area contributed by atoms with E-state index in [9.17, 15) is 33.2 Å². The maximum atomic E-state index is 13.0. The van der Waals surface area contributed by atoms with Crippen molar-refractivity contribution in [1.82, 2.24) is 0 Å². The number of nitro benzene ring substituents is 1. The van der Waals surface area contributed by atoms with Gasteiger partial charge in [-0.25, -0.2) is 0 Å². The second-order valence-corrected chi connectivity index (χ2v) is 5.15. The predicted octanol–water partition coefficient (Wildman–Crippen LogP) is 4.13. The molecule has 0 aliphatic rings. The standard InChI is InChI=1S/C16H13F3N2O4/c1-2-9-3-6-14(22)11(7-9)15(23)20-10-4-5-13(21(24)25)12(8-10)16(17,18)19/h3-8,22H,2H2,1H3,(H,20,23). The summed E-state index contributed by atoms with van der Waals surface area (Å²) in [6.07, 6.45) is -4.36. The fourth-order valence-corrected chi connectivity index (χ4v) is 2.18. The monoisotopic (exact) mass is 354 g/mol. The number of amides is 1. The van der Waals surface area contributed by atoms with E-state index in [2.05, 4.69) is 5.32 Å². The van der Waals surface area contributed by atoms with Crippen molar-refractivity contribution >= 4 is 17.3 Å². The number of carbonyl (C=O) groups excluding carboxylic acids is 1. The van der Waals surface area contributed by atoms with Crippen LogP contribution < -0.4 is 5.32 Å². The molecule has 132 valence electrons. The summed E-state index contributed by atoms with van der Waals surface area (Å²) in [5, 5.41) is 22.7. The van der Waals surface area contributed by atoms with Gasteiger partial charge in [-0.15, -0.1) is 0 Å². The summed E-state index contributed by atoms with van der Waals surface area (Å²) in [5.74, 6) is -1.15. The Labute approximate surface area is 140 Å². The van der Waals surface area contributed by atoms with Gasteiger partial charge in [-0.3, -0.25) is 14.9 Å². The van der Waals surface area contributed by atoms with E-state index in [1.807, 2.05) is 6.92 Å². The van der Waals surface area contributed by atoms with Gasteiger partial charge in [0.2, 0.25) is 0 Å². The van der Waals surface area contributed by atoms with Crippen molar-refractivity contribution in [2.45, 2.75) is 19.5 Å². The first-order chi connectivity index (χ1) is 11.6. The number of nitrogens with one attached hydrogen (secondary N) is 1. The molecule has 0 fully saturated rings. The Morgan fingerprint density at radius 1 is 1.24 bits per heavy atom. The molecule has 0 unspecified atom stereocenters. The van der Waals surface area contributed by atoms with Gasteiger partial charge in [0, 0.05) is 11.8 Å². The minimum atomic E-state index is -4.95. The molecular formula is C16H13F3N2O4. The molecule has 0 atom stereocenters. The Balaban J connectivity index is 2.38. The number of halogens is 3. The van der Waals surface area contributed by atoms with Crippen LogP contribution in [-0.2, 0) is 12.6 Å². The number of rotatable bonds is 4. The lowest BCUT2D eigenvalue weighted by molar-refractivity contribution is -0.388. The summed E-state index contributed by atoms with van der Waals surface area (Å²) in [6.45, 7) is 1.83. The van der Waals surface area contributed by atoms with Crippen LogP contribution in [0.15, 0.2) is 36.4 Å². The van der Waals surface area contributed by atoms with Crippen molar-refractivity contribution < 1.29 is 28.0 Å². The highest BCUT2D eigenvalue weighted by atomic mass is 19.4. The zero-order valence-electron chi connectivity index (χ0n) is 12.9. The molecular weight excluding hydrogens is 341 g/mol. The molecule has 0 aliphatic carbocycles. The largest absolute Gasteiger partial charge is 0.507 e. The van der Waals surface area contributed by atoms with Crippen LogP contribution in [0, 0.1) is 10.1 Å². The molecule has 0 bridgehead atoms. The van der Waals surface area contributed by atoms with E-state index in [1.54, 1.807) is 6.07 Å². The van der Waals surface area contributed by atoms with Gasteiger partial charge in [0.05, 0.1) is 10.5 Å².